The van der Waals surface area contributed by atoms with Gasteiger partial charge in [0.15, 0.2) is 0 Å². The Hall–Kier alpha value is -0.763. The van der Waals surface area contributed by atoms with Gasteiger partial charge in [-0.15, -0.1) is 0 Å². The molecule has 0 aromatic heterocycles. The molecule has 0 fully saturated rings. The summed E-state index contributed by atoms with van der Waals surface area (Å²) in [6.07, 6.45) is 0. The molecule has 60 valence electrons. The molecule has 1 aromatic rings. The highest BCUT2D eigenvalue weighted by Gasteiger charge is 1.97. The van der Waals surface area contributed by atoms with Crippen LogP contribution in [0.3, 0.4) is 0 Å². The largest absolute Gasteiger partial charge is 0.508 e. The monoisotopic (exact) mass is 166 g/mol. The Bertz CT molecular complexity index is 216. The third kappa shape index (κ3) is 2.76. The molecule has 0 spiro atoms. The highest BCUT2D eigenvalue weighted by atomic mass is 28.3. The van der Waals surface area contributed by atoms with Crippen LogP contribution in [0.5, 0.6) is 5.75 Å². The molecule has 0 unspecified atom stereocenters. The van der Waals surface area contributed by atoms with Crippen LogP contribution in [0, 0.1) is 0 Å². The quantitative estimate of drug-likeness (QED) is 0.666. The zero-order valence-electron chi connectivity index (χ0n) is 7.04. The van der Waals surface area contributed by atoms with Crippen molar-refractivity contribution in [3.05, 3.63) is 29.8 Å². The van der Waals surface area contributed by atoms with E-state index >= 15 is 0 Å². The van der Waals surface area contributed by atoms with Crippen LogP contribution in [0.25, 0.3) is 0 Å². The normalized spacial score (nSPS) is 10.5. The molecule has 0 heterocycles. The van der Waals surface area contributed by atoms with Gasteiger partial charge >= 0.3 is 0 Å². The van der Waals surface area contributed by atoms with E-state index in [1.165, 1.54) is 11.6 Å². The van der Waals surface area contributed by atoms with Crippen LogP contribution < -0.4 is 0 Å². The maximum absolute atomic E-state index is 9.00. The van der Waals surface area contributed by atoms with Gasteiger partial charge in [0, 0.05) is 8.80 Å². The zero-order valence-corrected chi connectivity index (χ0v) is 8.20. The maximum Gasteiger partial charge on any atom is 0.115 e. The minimum absolute atomic E-state index is 0.360. The molecule has 1 nitrogen and oxygen atoms in total. The molecular formula is C9H14OSi. The lowest BCUT2D eigenvalue weighted by molar-refractivity contribution is 0.475. The van der Waals surface area contributed by atoms with Crippen molar-refractivity contribution in [3.63, 3.8) is 0 Å². The predicted octanol–water partition coefficient (Wildman–Crippen LogP) is 1.96. The summed E-state index contributed by atoms with van der Waals surface area (Å²) >= 11 is 0. The first-order valence-electron chi connectivity index (χ1n) is 3.96. The Morgan fingerprint density at radius 2 is 1.73 bits per heavy atom. The Morgan fingerprint density at radius 3 is 2.18 bits per heavy atom. The van der Waals surface area contributed by atoms with Crippen LogP contribution in [0.15, 0.2) is 24.3 Å². The van der Waals surface area contributed by atoms with Crippen molar-refractivity contribution in [1.82, 2.24) is 0 Å². The molecule has 2 heteroatoms. The third-order valence-electron chi connectivity index (χ3n) is 1.58. The van der Waals surface area contributed by atoms with Gasteiger partial charge in [0.05, 0.1) is 0 Å². The van der Waals surface area contributed by atoms with Gasteiger partial charge in [0.25, 0.3) is 0 Å². The smallest absolute Gasteiger partial charge is 0.115 e. The van der Waals surface area contributed by atoms with Gasteiger partial charge in [0.2, 0.25) is 0 Å². The molecule has 1 aromatic carbocycles. The van der Waals surface area contributed by atoms with E-state index in [0.29, 0.717) is 5.75 Å². The second kappa shape index (κ2) is 3.58. The van der Waals surface area contributed by atoms with E-state index in [1.807, 2.05) is 12.1 Å². The fourth-order valence-electron chi connectivity index (χ4n) is 1.10. The number of hydrogen-bond donors (Lipinski definition) is 1. The van der Waals surface area contributed by atoms with Crippen LogP contribution in [0.2, 0.25) is 13.1 Å². The van der Waals surface area contributed by atoms with E-state index in [1.54, 1.807) is 12.1 Å². The summed E-state index contributed by atoms with van der Waals surface area (Å²) in [7, 11) is -0.494. The predicted molar refractivity (Wildman–Crippen MR) is 50.7 cm³/mol. The molecule has 0 atom stereocenters. The Kier molecular flexibility index (Phi) is 2.71. The zero-order chi connectivity index (χ0) is 8.27. The van der Waals surface area contributed by atoms with E-state index in [-0.39, 0.29) is 0 Å². The van der Waals surface area contributed by atoms with Crippen molar-refractivity contribution in [2.24, 2.45) is 0 Å². The van der Waals surface area contributed by atoms with Crippen molar-refractivity contribution >= 4 is 8.80 Å². The third-order valence-corrected chi connectivity index (χ3v) is 2.87. The van der Waals surface area contributed by atoms with Crippen LogP contribution in [0.1, 0.15) is 5.56 Å². The first-order chi connectivity index (χ1) is 5.18. The van der Waals surface area contributed by atoms with Gasteiger partial charge in [-0.25, -0.2) is 0 Å². The molecule has 11 heavy (non-hydrogen) atoms. The van der Waals surface area contributed by atoms with Crippen molar-refractivity contribution in [3.8, 4) is 5.75 Å². The lowest BCUT2D eigenvalue weighted by atomic mass is 10.2. The fourth-order valence-corrected chi connectivity index (χ4v) is 2.32. The number of phenols is 1. The van der Waals surface area contributed by atoms with Crippen LogP contribution in [0.4, 0.5) is 0 Å². The van der Waals surface area contributed by atoms with Crippen LogP contribution in [-0.2, 0) is 6.04 Å². The molecular weight excluding hydrogens is 152 g/mol. The first-order valence-corrected chi connectivity index (χ1v) is 7.09. The lowest BCUT2D eigenvalue weighted by Crippen LogP contribution is -2.04. The van der Waals surface area contributed by atoms with E-state index in [4.69, 9.17) is 5.11 Å². The van der Waals surface area contributed by atoms with E-state index in [2.05, 4.69) is 13.1 Å². The number of benzene rings is 1. The summed E-state index contributed by atoms with van der Waals surface area (Å²) < 4.78 is 0. The molecule has 1 rings (SSSR count). The van der Waals surface area contributed by atoms with Crippen molar-refractivity contribution in [1.29, 1.82) is 0 Å². The summed E-state index contributed by atoms with van der Waals surface area (Å²) in [6, 6.07) is 8.74. The van der Waals surface area contributed by atoms with E-state index in [9.17, 15) is 0 Å². The summed E-state index contributed by atoms with van der Waals surface area (Å²) in [5, 5.41) is 9.00. The van der Waals surface area contributed by atoms with Gasteiger partial charge < -0.3 is 5.11 Å². The molecule has 0 saturated heterocycles. The minimum atomic E-state index is -0.494. The van der Waals surface area contributed by atoms with Gasteiger partial charge in [-0.05, 0) is 18.2 Å². The standard InChI is InChI=1S/C9H14OSi/c1-11(2)7-8-3-5-9(10)6-4-8/h3-6,10-11H,7H2,1-2H3. The lowest BCUT2D eigenvalue weighted by Gasteiger charge is -2.02. The van der Waals surface area contributed by atoms with Gasteiger partial charge in [-0.3, -0.25) is 0 Å². The summed E-state index contributed by atoms with van der Waals surface area (Å²) in [4.78, 5) is 0. The summed E-state index contributed by atoms with van der Waals surface area (Å²) in [5.41, 5.74) is 1.35. The number of phenolic OH excluding ortho intramolecular Hbond substituents is 1. The Balaban J connectivity index is 2.66. The number of rotatable bonds is 2. The van der Waals surface area contributed by atoms with E-state index < -0.39 is 8.80 Å². The average Bonchev–Trinajstić information content (AvgIpc) is 1.93. The van der Waals surface area contributed by atoms with E-state index in [0.717, 1.165) is 0 Å². The maximum atomic E-state index is 9.00. The van der Waals surface area contributed by atoms with Gasteiger partial charge in [-0.2, -0.15) is 0 Å². The molecule has 0 bridgehead atoms. The SMILES string of the molecule is C[SiH](C)Cc1ccc(O)cc1. The molecule has 0 aliphatic carbocycles. The second-order valence-electron chi connectivity index (χ2n) is 3.26. The highest BCUT2D eigenvalue weighted by molar-refractivity contribution is 6.55. The Morgan fingerprint density at radius 1 is 1.18 bits per heavy atom. The second-order valence-corrected chi connectivity index (χ2v) is 6.46. The minimum Gasteiger partial charge on any atom is -0.508 e. The molecule has 0 aliphatic rings. The van der Waals surface area contributed by atoms with Gasteiger partial charge in [0.1, 0.15) is 5.75 Å². The van der Waals surface area contributed by atoms with Crippen molar-refractivity contribution < 1.29 is 5.11 Å². The Labute approximate surface area is 69.3 Å². The first kappa shape index (κ1) is 8.33. The molecule has 1 N–H and O–H groups in total. The summed E-state index contributed by atoms with van der Waals surface area (Å²) in [5.74, 6) is 0.360. The molecule has 0 aliphatic heterocycles. The molecule has 0 saturated carbocycles. The molecule has 0 amide bonds. The summed E-state index contributed by atoms with van der Waals surface area (Å²) in [6.45, 7) is 4.65. The molecule has 0 radical (unpaired) electrons. The van der Waals surface area contributed by atoms with Crippen molar-refractivity contribution in [2.75, 3.05) is 0 Å². The number of aromatic hydroxyl groups is 1. The number of hydrogen-bond acceptors (Lipinski definition) is 1. The van der Waals surface area contributed by atoms with Crippen LogP contribution in [-0.4, -0.2) is 13.9 Å². The van der Waals surface area contributed by atoms with Crippen LogP contribution >= 0.6 is 0 Å². The fraction of sp³-hybridized carbons (Fsp3) is 0.333. The topological polar surface area (TPSA) is 20.2 Å². The highest BCUT2D eigenvalue weighted by Crippen LogP contribution is 2.10. The average molecular weight is 166 g/mol. The van der Waals surface area contributed by atoms with Gasteiger partial charge in [-0.1, -0.05) is 30.8 Å². The van der Waals surface area contributed by atoms with Crippen molar-refractivity contribution in [2.45, 2.75) is 19.1 Å².